The van der Waals surface area contributed by atoms with Gasteiger partial charge in [-0.25, -0.2) is 4.99 Å². The number of rotatable bonds is 5. The molecule has 21 heavy (non-hydrogen) atoms. The second-order valence-electron chi connectivity index (χ2n) is 5.13. The Morgan fingerprint density at radius 2 is 2.19 bits per heavy atom. The molecule has 2 rings (SSSR count). The number of hydrogen-bond acceptors (Lipinski definition) is 3. The maximum absolute atomic E-state index is 10.0. The quantitative estimate of drug-likeness (QED) is 0.400. The van der Waals surface area contributed by atoms with Crippen molar-refractivity contribution in [3.63, 3.8) is 0 Å². The van der Waals surface area contributed by atoms with Crippen LogP contribution in [0.25, 0.3) is 0 Å². The molecule has 1 fully saturated rings. The van der Waals surface area contributed by atoms with Crippen molar-refractivity contribution in [2.75, 3.05) is 13.7 Å². The Balaban J connectivity index is 0.00000220. The maximum Gasteiger partial charge on any atom is 0.191 e. The highest BCUT2D eigenvalue weighted by atomic mass is 127. The van der Waals surface area contributed by atoms with Crippen LogP contribution in [0.4, 0.5) is 0 Å². The first-order valence-corrected chi connectivity index (χ1v) is 7.05. The van der Waals surface area contributed by atoms with Crippen LogP contribution in [0.3, 0.4) is 0 Å². The maximum atomic E-state index is 10.0. The average molecular weight is 405 g/mol. The molecule has 118 valence electrons. The first-order valence-electron chi connectivity index (χ1n) is 7.05. The number of halogens is 1. The number of ether oxygens (including phenoxy) is 1. The number of aliphatic imine (C=N–C) groups is 1. The number of nitrogens with one attached hydrogen (secondary N) is 2. The molecule has 1 saturated carbocycles. The summed E-state index contributed by atoms with van der Waals surface area (Å²) in [6.07, 6.45) is 1.19. The van der Waals surface area contributed by atoms with Gasteiger partial charge >= 0.3 is 0 Å². The van der Waals surface area contributed by atoms with E-state index < -0.39 is 0 Å². The molecule has 0 radical (unpaired) electrons. The molecule has 0 bridgehead atoms. The van der Waals surface area contributed by atoms with Crippen LogP contribution in [0, 0.1) is 5.92 Å². The molecule has 2 unspecified atom stereocenters. The Labute approximate surface area is 143 Å². The normalized spacial score (nSPS) is 20.4. The van der Waals surface area contributed by atoms with Gasteiger partial charge in [0.05, 0.1) is 13.7 Å². The zero-order chi connectivity index (χ0) is 14.5. The van der Waals surface area contributed by atoms with E-state index in [0.29, 0.717) is 24.3 Å². The topological polar surface area (TPSA) is 65.9 Å². The second-order valence-corrected chi connectivity index (χ2v) is 5.13. The summed E-state index contributed by atoms with van der Waals surface area (Å²) in [7, 11) is 1.54. The van der Waals surface area contributed by atoms with Crippen LogP contribution in [0.1, 0.15) is 25.8 Å². The van der Waals surface area contributed by atoms with Crippen molar-refractivity contribution < 1.29 is 9.84 Å². The van der Waals surface area contributed by atoms with Crippen LogP contribution >= 0.6 is 24.0 Å². The highest BCUT2D eigenvalue weighted by Gasteiger charge is 2.33. The van der Waals surface area contributed by atoms with Gasteiger partial charge in [0.2, 0.25) is 0 Å². The number of methoxy groups -OCH3 is 1. The van der Waals surface area contributed by atoms with E-state index in [1.807, 2.05) is 19.1 Å². The van der Waals surface area contributed by atoms with Crippen LogP contribution in [-0.4, -0.2) is 30.8 Å². The molecule has 1 aliphatic carbocycles. The molecular weight excluding hydrogens is 381 g/mol. The van der Waals surface area contributed by atoms with Gasteiger partial charge < -0.3 is 20.5 Å². The zero-order valence-corrected chi connectivity index (χ0v) is 15.0. The molecular formula is C15H24IN3O2. The molecule has 0 heterocycles. The lowest BCUT2D eigenvalue weighted by atomic mass is 10.2. The molecule has 0 amide bonds. The van der Waals surface area contributed by atoms with E-state index in [1.165, 1.54) is 6.42 Å². The number of hydrogen-bond donors (Lipinski definition) is 3. The molecule has 5 nitrogen and oxygen atoms in total. The summed E-state index contributed by atoms with van der Waals surface area (Å²) in [5.74, 6) is 2.15. The predicted molar refractivity (Wildman–Crippen MR) is 95.6 cm³/mol. The third kappa shape index (κ3) is 4.94. The summed E-state index contributed by atoms with van der Waals surface area (Å²) < 4.78 is 5.10. The number of para-hydroxylation sites is 1. The molecule has 1 aromatic carbocycles. The fourth-order valence-corrected chi connectivity index (χ4v) is 2.04. The Bertz CT molecular complexity index is 494. The number of guanidine groups is 1. The average Bonchev–Trinajstić information content (AvgIpc) is 3.13. The smallest absolute Gasteiger partial charge is 0.191 e. The van der Waals surface area contributed by atoms with Gasteiger partial charge in [0.25, 0.3) is 0 Å². The highest BCUT2D eigenvalue weighted by Crippen LogP contribution is 2.30. The van der Waals surface area contributed by atoms with Crippen molar-refractivity contribution in [2.45, 2.75) is 32.9 Å². The van der Waals surface area contributed by atoms with E-state index in [9.17, 15) is 5.11 Å². The van der Waals surface area contributed by atoms with Gasteiger partial charge in [0.1, 0.15) is 0 Å². The Kier molecular flexibility index (Phi) is 7.07. The summed E-state index contributed by atoms with van der Waals surface area (Å²) in [5.41, 5.74) is 0.755. The summed E-state index contributed by atoms with van der Waals surface area (Å²) in [5, 5.41) is 16.6. The minimum absolute atomic E-state index is 0. The molecule has 3 N–H and O–H groups in total. The Morgan fingerprint density at radius 1 is 1.48 bits per heavy atom. The second kappa shape index (κ2) is 8.31. The lowest BCUT2D eigenvalue weighted by Gasteiger charge is -2.11. The van der Waals surface area contributed by atoms with Crippen molar-refractivity contribution >= 4 is 29.9 Å². The summed E-state index contributed by atoms with van der Waals surface area (Å²) in [4.78, 5) is 4.51. The fourth-order valence-electron chi connectivity index (χ4n) is 2.04. The highest BCUT2D eigenvalue weighted by molar-refractivity contribution is 14.0. The zero-order valence-electron chi connectivity index (χ0n) is 12.7. The molecule has 0 saturated heterocycles. The summed E-state index contributed by atoms with van der Waals surface area (Å²) in [6, 6.07) is 5.96. The summed E-state index contributed by atoms with van der Waals surface area (Å²) in [6.45, 7) is 5.49. The number of phenolic OH excluding ortho intramolecular Hbond substituents is 1. The van der Waals surface area contributed by atoms with E-state index in [-0.39, 0.29) is 29.7 Å². The first-order chi connectivity index (χ1) is 9.65. The minimum atomic E-state index is 0. The van der Waals surface area contributed by atoms with Crippen molar-refractivity contribution in [2.24, 2.45) is 10.9 Å². The van der Waals surface area contributed by atoms with E-state index in [4.69, 9.17) is 4.74 Å². The summed E-state index contributed by atoms with van der Waals surface area (Å²) >= 11 is 0. The number of benzene rings is 1. The van der Waals surface area contributed by atoms with Crippen LogP contribution in [0.2, 0.25) is 0 Å². The standard InChI is InChI=1S/C15H23N3O2.HI/c1-4-16-15(18-12-8-10(12)2)17-9-11-6-5-7-13(20-3)14(11)19;/h5-7,10,12,19H,4,8-9H2,1-3H3,(H2,16,17,18);1H. The lowest BCUT2D eigenvalue weighted by molar-refractivity contribution is 0.370. The molecule has 0 spiro atoms. The van der Waals surface area contributed by atoms with Gasteiger partial charge in [0.15, 0.2) is 17.5 Å². The van der Waals surface area contributed by atoms with E-state index in [2.05, 4.69) is 22.5 Å². The Morgan fingerprint density at radius 3 is 2.76 bits per heavy atom. The van der Waals surface area contributed by atoms with E-state index in [1.54, 1.807) is 13.2 Å². The van der Waals surface area contributed by atoms with E-state index in [0.717, 1.165) is 18.1 Å². The van der Waals surface area contributed by atoms with Crippen molar-refractivity contribution in [3.8, 4) is 11.5 Å². The van der Waals surface area contributed by atoms with Crippen LogP contribution in [0.5, 0.6) is 11.5 Å². The van der Waals surface area contributed by atoms with Crippen LogP contribution in [-0.2, 0) is 6.54 Å². The number of nitrogens with zero attached hydrogens (tertiary/aromatic N) is 1. The molecule has 1 aliphatic rings. The fraction of sp³-hybridized carbons (Fsp3) is 0.533. The van der Waals surface area contributed by atoms with Crippen molar-refractivity contribution in [3.05, 3.63) is 23.8 Å². The van der Waals surface area contributed by atoms with Gasteiger partial charge in [-0.1, -0.05) is 19.1 Å². The largest absolute Gasteiger partial charge is 0.504 e. The number of phenols is 1. The van der Waals surface area contributed by atoms with Crippen LogP contribution < -0.4 is 15.4 Å². The predicted octanol–water partition coefficient (Wildman–Crippen LogP) is 2.48. The first kappa shape index (κ1) is 17.9. The lowest BCUT2D eigenvalue weighted by Crippen LogP contribution is -2.39. The molecule has 6 heteroatoms. The Hall–Kier alpha value is -1.18. The van der Waals surface area contributed by atoms with E-state index >= 15 is 0 Å². The minimum Gasteiger partial charge on any atom is -0.504 e. The third-order valence-corrected chi connectivity index (χ3v) is 3.49. The molecule has 2 atom stereocenters. The van der Waals surface area contributed by atoms with Gasteiger partial charge in [-0.3, -0.25) is 0 Å². The number of aromatic hydroxyl groups is 1. The SMILES string of the molecule is CCNC(=NCc1cccc(OC)c1O)NC1CC1C.I. The molecule has 0 aliphatic heterocycles. The molecule has 1 aromatic rings. The molecule has 0 aromatic heterocycles. The van der Waals surface area contributed by atoms with Gasteiger partial charge in [-0.15, -0.1) is 24.0 Å². The monoisotopic (exact) mass is 405 g/mol. The van der Waals surface area contributed by atoms with Gasteiger partial charge in [0, 0.05) is 18.2 Å². The van der Waals surface area contributed by atoms with Gasteiger partial charge in [-0.2, -0.15) is 0 Å². The third-order valence-electron chi connectivity index (χ3n) is 3.49. The van der Waals surface area contributed by atoms with Gasteiger partial charge in [-0.05, 0) is 25.3 Å². The van der Waals surface area contributed by atoms with Crippen LogP contribution in [0.15, 0.2) is 23.2 Å². The van der Waals surface area contributed by atoms with Crippen molar-refractivity contribution in [1.82, 2.24) is 10.6 Å². The van der Waals surface area contributed by atoms with Crippen molar-refractivity contribution in [1.29, 1.82) is 0 Å².